The number of nitrogens with zero attached hydrogens (tertiary/aromatic N) is 1. The number of benzene rings is 1. The van der Waals surface area contributed by atoms with E-state index in [0.717, 1.165) is 25.1 Å². The van der Waals surface area contributed by atoms with Crippen LogP contribution in [0.3, 0.4) is 0 Å². The monoisotopic (exact) mass is 324 g/mol. The van der Waals surface area contributed by atoms with Gasteiger partial charge in [0.25, 0.3) is 0 Å². The number of hydrogen-bond donors (Lipinski definition) is 1. The van der Waals surface area contributed by atoms with Crippen molar-refractivity contribution in [1.82, 2.24) is 4.90 Å². The standard InChI is InChI=1S/C17H28N2O4/c1-6-7-10-19(2)16(20)8-9-18-13-11-14(21-3)17(23-5)15(12-13)22-4/h11-12,18H,6-10H2,1-5H3. The van der Waals surface area contributed by atoms with E-state index in [1.54, 1.807) is 26.2 Å². The van der Waals surface area contributed by atoms with Crippen molar-refractivity contribution in [3.05, 3.63) is 12.1 Å². The molecular formula is C17H28N2O4. The van der Waals surface area contributed by atoms with Gasteiger partial charge in [0.05, 0.1) is 21.3 Å². The van der Waals surface area contributed by atoms with E-state index in [1.807, 2.05) is 19.2 Å². The van der Waals surface area contributed by atoms with Crippen molar-refractivity contribution < 1.29 is 19.0 Å². The molecule has 0 aliphatic carbocycles. The van der Waals surface area contributed by atoms with Crippen molar-refractivity contribution in [2.75, 3.05) is 46.8 Å². The number of nitrogens with one attached hydrogen (secondary N) is 1. The van der Waals surface area contributed by atoms with E-state index in [9.17, 15) is 4.79 Å². The molecular weight excluding hydrogens is 296 g/mol. The first-order valence-corrected chi connectivity index (χ1v) is 7.85. The van der Waals surface area contributed by atoms with E-state index in [2.05, 4.69) is 12.2 Å². The Morgan fingerprint density at radius 2 is 1.74 bits per heavy atom. The summed E-state index contributed by atoms with van der Waals surface area (Å²) >= 11 is 0. The third kappa shape index (κ3) is 5.54. The molecule has 0 fully saturated rings. The molecule has 130 valence electrons. The van der Waals surface area contributed by atoms with Crippen LogP contribution < -0.4 is 19.5 Å². The van der Waals surface area contributed by atoms with Crippen LogP contribution in [0.15, 0.2) is 12.1 Å². The highest BCUT2D eigenvalue weighted by atomic mass is 16.5. The third-order valence-electron chi connectivity index (χ3n) is 3.61. The Hall–Kier alpha value is -2.11. The summed E-state index contributed by atoms with van der Waals surface area (Å²) in [6.45, 7) is 3.47. The van der Waals surface area contributed by atoms with Crippen LogP contribution in [0.1, 0.15) is 26.2 Å². The molecule has 0 unspecified atom stereocenters. The zero-order valence-electron chi connectivity index (χ0n) is 14.8. The molecule has 1 amide bonds. The van der Waals surface area contributed by atoms with Gasteiger partial charge >= 0.3 is 0 Å². The summed E-state index contributed by atoms with van der Waals surface area (Å²) in [6, 6.07) is 3.65. The van der Waals surface area contributed by atoms with Crippen LogP contribution >= 0.6 is 0 Å². The highest BCUT2D eigenvalue weighted by Gasteiger charge is 2.13. The third-order valence-corrected chi connectivity index (χ3v) is 3.61. The molecule has 23 heavy (non-hydrogen) atoms. The van der Waals surface area contributed by atoms with E-state index in [4.69, 9.17) is 14.2 Å². The lowest BCUT2D eigenvalue weighted by Gasteiger charge is -2.18. The number of carbonyl (C=O) groups excluding carboxylic acids is 1. The van der Waals surface area contributed by atoms with Crippen LogP contribution in [0.2, 0.25) is 0 Å². The molecule has 6 heteroatoms. The van der Waals surface area contributed by atoms with Crippen molar-refractivity contribution >= 4 is 11.6 Å². The summed E-state index contributed by atoms with van der Waals surface area (Å²) < 4.78 is 15.9. The van der Waals surface area contributed by atoms with Gasteiger partial charge in [-0.2, -0.15) is 0 Å². The lowest BCUT2D eigenvalue weighted by Crippen LogP contribution is -2.29. The number of hydrogen-bond acceptors (Lipinski definition) is 5. The summed E-state index contributed by atoms with van der Waals surface area (Å²) in [5.41, 5.74) is 0.823. The predicted octanol–water partition coefficient (Wildman–Crippen LogP) is 2.77. The lowest BCUT2D eigenvalue weighted by atomic mass is 10.2. The van der Waals surface area contributed by atoms with Crippen LogP contribution in [0.5, 0.6) is 17.2 Å². The highest BCUT2D eigenvalue weighted by Crippen LogP contribution is 2.39. The van der Waals surface area contributed by atoms with E-state index < -0.39 is 0 Å². The second kappa shape index (κ2) is 9.82. The van der Waals surface area contributed by atoms with Crippen molar-refractivity contribution in [2.45, 2.75) is 26.2 Å². The molecule has 0 saturated heterocycles. The minimum Gasteiger partial charge on any atom is -0.493 e. The van der Waals surface area contributed by atoms with Gasteiger partial charge in [-0.05, 0) is 6.42 Å². The Labute approximate surface area is 138 Å². The predicted molar refractivity (Wildman–Crippen MR) is 91.7 cm³/mol. The number of amides is 1. The molecule has 1 N–H and O–H groups in total. The Bertz CT molecular complexity index is 480. The summed E-state index contributed by atoms with van der Waals surface area (Å²) in [4.78, 5) is 13.8. The zero-order valence-corrected chi connectivity index (χ0v) is 14.8. The van der Waals surface area contributed by atoms with Gasteiger partial charge in [0.15, 0.2) is 11.5 Å². The van der Waals surface area contributed by atoms with E-state index in [0.29, 0.717) is 30.2 Å². The van der Waals surface area contributed by atoms with Crippen LogP contribution in [0.4, 0.5) is 5.69 Å². The molecule has 0 aliphatic rings. The maximum Gasteiger partial charge on any atom is 0.224 e. The van der Waals surface area contributed by atoms with Gasteiger partial charge in [-0.1, -0.05) is 13.3 Å². The summed E-state index contributed by atoms with van der Waals surface area (Å²) in [5.74, 6) is 1.86. The molecule has 1 rings (SSSR count). The average Bonchev–Trinajstić information content (AvgIpc) is 2.58. The maximum absolute atomic E-state index is 12.0. The molecule has 0 bridgehead atoms. The smallest absolute Gasteiger partial charge is 0.224 e. The number of rotatable bonds is 10. The molecule has 6 nitrogen and oxygen atoms in total. The van der Waals surface area contributed by atoms with E-state index in [-0.39, 0.29) is 5.91 Å². The molecule has 0 saturated carbocycles. The fraction of sp³-hybridized carbons (Fsp3) is 0.588. The number of methoxy groups -OCH3 is 3. The topological polar surface area (TPSA) is 60.0 Å². The highest BCUT2D eigenvalue weighted by molar-refractivity contribution is 5.76. The Morgan fingerprint density at radius 3 is 2.22 bits per heavy atom. The molecule has 1 aromatic carbocycles. The second-order valence-corrected chi connectivity index (χ2v) is 5.26. The molecule has 0 heterocycles. The molecule has 0 aliphatic heterocycles. The molecule has 0 spiro atoms. The van der Waals surface area contributed by atoms with Gasteiger partial charge in [0.2, 0.25) is 11.7 Å². The van der Waals surface area contributed by atoms with Gasteiger partial charge in [0, 0.05) is 44.4 Å². The van der Waals surface area contributed by atoms with Crippen LogP contribution in [-0.4, -0.2) is 52.3 Å². The Morgan fingerprint density at radius 1 is 1.13 bits per heavy atom. The summed E-state index contributed by atoms with van der Waals surface area (Å²) in [5, 5.41) is 3.22. The number of anilines is 1. The van der Waals surface area contributed by atoms with Gasteiger partial charge < -0.3 is 24.4 Å². The van der Waals surface area contributed by atoms with Crippen LogP contribution in [0.25, 0.3) is 0 Å². The van der Waals surface area contributed by atoms with Gasteiger partial charge in [-0.15, -0.1) is 0 Å². The normalized spacial score (nSPS) is 10.1. The molecule has 0 aromatic heterocycles. The van der Waals surface area contributed by atoms with Crippen LogP contribution in [-0.2, 0) is 4.79 Å². The van der Waals surface area contributed by atoms with Gasteiger partial charge in [-0.25, -0.2) is 0 Å². The van der Waals surface area contributed by atoms with Crippen molar-refractivity contribution in [3.8, 4) is 17.2 Å². The molecule has 0 radical (unpaired) electrons. The van der Waals surface area contributed by atoms with Crippen molar-refractivity contribution in [3.63, 3.8) is 0 Å². The Balaban J connectivity index is 2.62. The Kier molecular flexibility index (Phi) is 8.08. The van der Waals surface area contributed by atoms with Crippen molar-refractivity contribution in [1.29, 1.82) is 0 Å². The summed E-state index contributed by atoms with van der Waals surface area (Å²) in [7, 11) is 6.57. The zero-order chi connectivity index (χ0) is 17.2. The average molecular weight is 324 g/mol. The van der Waals surface area contributed by atoms with Gasteiger partial charge in [-0.3, -0.25) is 4.79 Å². The first-order valence-electron chi connectivity index (χ1n) is 7.85. The fourth-order valence-electron chi connectivity index (χ4n) is 2.21. The maximum atomic E-state index is 12.0. The van der Waals surface area contributed by atoms with E-state index in [1.165, 1.54) is 0 Å². The van der Waals surface area contributed by atoms with E-state index >= 15 is 0 Å². The van der Waals surface area contributed by atoms with Crippen LogP contribution in [0, 0.1) is 0 Å². The van der Waals surface area contributed by atoms with Gasteiger partial charge in [0.1, 0.15) is 0 Å². The number of unbranched alkanes of at least 4 members (excludes halogenated alkanes) is 1. The second-order valence-electron chi connectivity index (χ2n) is 5.26. The van der Waals surface area contributed by atoms with Crippen molar-refractivity contribution in [2.24, 2.45) is 0 Å². The first-order chi connectivity index (χ1) is 11.1. The number of carbonyl (C=O) groups is 1. The SMILES string of the molecule is CCCCN(C)C(=O)CCNc1cc(OC)c(OC)c(OC)c1. The molecule has 0 atom stereocenters. The fourth-order valence-corrected chi connectivity index (χ4v) is 2.21. The molecule has 1 aromatic rings. The number of ether oxygens (including phenoxy) is 3. The first kappa shape index (κ1) is 18.9. The quantitative estimate of drug-likeness (QED) is 0.717. The largest absolute Gasteiger partial charge is 0.493 e. The minimum atomic E-state index is 0.137. The minimum absolute atomic E-state index is 0.137. The summed E-state index contributed by atoms with van der Waals surface area (Å²) in [6.07, 6.45) is 2.56. The lowest BCUT2D eigenvalue weighted by molar-refractivity contribution is -0.129.